The van der Waals surface area contributed by atoms with E-state index in [-0.39, 0.29) is 11.8 Å². The molecule has 0 saturated carbocycles. The third-order valence-electron chi connectivity index (χ3n) is 3.43. The van der Waals surface area contributed by atoms with Gasteiger partial charge in [0.15, 0.2) is 0 Å². The summed E-state index contributed by atoms with van der Waals surface area (Å²) >= 11 is 6.15. The van der Waals surface area contributed by atoms with Gasteiger partial charge < -0.3 is 10.6 Å². The van der Waals surface area contributed by atoms with Crippen LogP contribution in [0.4, 0.5) is 11.4 Å². The topological polar surface area (TPSA) is 71.1 Å². The van der Waals surface area contributed by atoms with Crippen molar-refractivity contribution in [3.63, 3.8) is 0 Å². The Morgan fingerprint density at radius 1 is 1.00 bits per heavy atom. The third kappa shape index (κ3) is 3.36. The van der Waals surface area contributed by atoms with E-state index in [9.17, 15) is 9.59 Å². The molecule has 0 radical (unpaired) electrons. The van der Waals surface area contributed by atoms with Crippen LogP contribution in [0.25, 0.3) is 10.9 Å². The van der Waals surface area contributed by atoms with E-state index in [4.69, 9.17) is 11.6 Å². The first-order chi connectivity index (χ1) is 11.5. The molecule has 0 aliphatic heterocycles. The Bertz CT molecular complexity index is 923. The Balaban J connectivity index is 1.85. The molecule has 3 aromatic rings. The Morgan fingerprint density at radius 3 is 2.46 bits per heavy atom. The summed E-state index contributed by atoms with van der Waals surface area (Å²) < 4.78 is 0. The minimum Gasteiger partial charge on any atom is -0.326 e. The number of nitrogens with one attached hydrogen (secondary N) is 2. The molecule has 0 unspecified atom stereocenters. The lowest BCUT2D eigenvalue weighted by Gasteiger charge is -2.09. The Hall–Kier alpha value is -2.92. The Morgan fingerprint density at radius 2 is 1.75 bits per heavy atom. The van der Waals surface area contributed by atoms with Crippen molar-refractivity contribution in [2.24, 2.45) is 0 Å². The van der Waals surface area contributed by atoms with Gasteiger partial charge in [0, 0.05) is 29.8 Å². The molecule has 120 valence electrons. The van der Waals surface area contributed by atoms with Gasteiger partial charge in [-0.05, 0) is 48.5 Å². The first-order valence-corrected chi connectivity index (χ1v) is 7.64. The van der Waals surface area contributed by atoms with Crippen LogP contribution in [-0.4, -0.2) is 16.8 Å². The zero-order valence-electron chi connectivity index (χ0n) is 12.8. The highest BCUT2D eigenvalue weighted by atomic mass is 35.5. The van der Waals surface area contributed by atoms with Gasteiger partial charge in [0.2, 0.25) is 5.91 Å². The van der Waals surface area contributed by atoms with E-state index >= 15 is 0 Å². The van der Waals surface area contributed by atoms with E-state index in [1.807, 2.05) is 6.07 Å². The predicted octanol–water partition coefficient (Wildman–Crippen LogP) is 4.10. The summed E-state index contributed by atoms with van der Waals surface area (Å²) in [4.78, 5) is 27.7. The van der Waals surface area contributed by atoms with Gasteiger partial charge in [-0.15, -0.1) is 0 Å². The van der Waals surface area contributed by atoms with E-state index in [0.717, 1.165) is 5.39 Å². The van der Waals surface area contributed by atoms with Crippen LogP contribution in [-0.2, 0) is 4.79 Å². The standard InChI is InChI=1S/C18H14ClN3O2/c1-11(23)21-13-6-4-12(5-7-13)18(24)22-16-9-8-15(19)14-3-2-10-20-17(14)16/h2-10H,1H3,(H,21,23)(H,22,24). The van der Waals surface area contributed by atoms with Gasteiger partial charge in [0.1, 0.15) is 0 Å². The van der Waals surface area contributed by atoms with E-state index < -0.39 is 0 Å². The summed E-state index contributed by atoms with van der Waals surface area (Å²) in [5.74, 6) is -0.426. The van der Waals surface area contributed by atoms with Gasteiger partial charge >= 0.3 is 0 Å². The highest BCUT2D eigenvalue weighted by Gasteiger charge is 2.11. The van der Waals surface area contributed by atoms with Crippen molar-refractivity contribution in [3.8, 4) is 0 Å². The molecular formula is C18H14ClN3O2. The Kier molecular flexibility index (Phi) is 4.44. The molecule has 1 aromatic heterocycles. The summed E-state index contributed by atoms with van der Waals surface area (Å²) in [6, 6.07) is 13.7. The van der Waals surface area contributed by atoms with Gasteiger partial charge in [-0.3, -0.25) is 14.6 Å². The predicted molar refractivity (Wildman–Crippen MR) is 95.5 cm³/mol. The second kappa shape index (κ2) is 6.68. The summed E-state index contributed by atoms with van der Waals surface area (Å²) in [7, 11) is 0. The average molecular weight is 340 g/mol. The maximum absolute atomic E-state index is 12.4. The number of amides is 2. The van der Waals surface area contributed by atoms with Crippen LogP contribution in [0.1, 0.15) is 17.3 Å². The molecule has 0 aliphatic rings. The largest absolute Gasteiger partial charge is 0.326 e. The fourth-order valence-electron chi connectivity index (χ4n) is 2.34. The van der Waals surface area contributed by atoms with Crippen molar-refractivity contribution < 1.29 is 9.59 Å². The number of hydrogen-bond donors (Lipinski definition) is 2. The van der Waals surface area contributed by atoms with Gasteiger partial charge in [0.25, 0.3) is 5.91 Å². The van der Waals surface area contributed by atoms with Crippen LogP contribution in [0, 0.1) is 0 Å². The van der Waals surface area contributed by atoms with Crippen LogP contribution in [0.5, 0.6) is 0 Å². The highest BCUT2D eigenvalue weighted by molar-refractivity contribution is 6.36. The van der Waals surface area contributed by atoms with E-state index in [0.29, 0.717) is 27.5 Å². The molecule has 3 rings (SSSR count). The maximum atomic E-state index is 12.4. The molecule has 0 saturated heterocycles. The number of carbonyl (C=O) groups is 2. The number of rotatable bonds is 3. The SMILES string of the molecule is CC(=O)Nc1ccc(C(=O)Nc2ccc(Cl)c3cccnc23)cc1. The number of nitrogens with zero attached hydrogens (tertiary/aromatic N) is 1. The summed E-state index contributed by atoms with van der Waals surface area (Å²) in [6.07, 6.45) is 1.65. The Labute approximate surface area is 143 Å². The van der Waals surface area contributed by atoms with Gasteiger partial charge in [-0.1, -0.05) is 11.6 Å². The molecule has 0 bridgehead atoms. The van der Waals surface area contributed by atoms with E-state index in [1.165, 1.54) is 6.92 Å². The minimum absolute atomic E-state index is 0.161. The monoisotopic (exact) mass is 339 g/mol. The fourth-order valence-corrected chi connectivity index (χ4v) is 2.56. The fraction of sp³-hybridized carbons (Fsp3) is 0.0556. The number of carbonyl (C=O) groups excluding carboxylic acids is 2. The van der Waals surface area contributed by atoms with Gasteiger partial charge in [0.05, 0.1) is 16.2 Å². The molecule has 0 spiro atoms. The maximum Gasteiger partial charge on any atom is 0.255 e. The zero-order chi connectivity index (χ0) is 17.1. The first kappa shape index (κ1) is 16.0. The van der Waals surface area contributed by atoms with Crippen molar-refractivity contribution in [1.29, 1.82) is 0 Å². The molecule has 0 aliphatic carbocycles. The van der Waals surface area contributed by atoms with Crippen LogP contribution >= 0.6 is 11.6 Å². The number of benzene rings is 2. The summed E-state index contributed by atoms with van der Waals surface area (Å²) in [5, 5.41) is 6.85. The molecular weight excluding hydrogens is 326 g/mol. The molecule has 0 atom stereocenters. The molecule has 2 N–H and O–H groups in total. The molecule has 2 aromatic carbocycles. The lowest BCUT2D eigenvalue weighted by atomic mass is 10.1. The second-order valence-corrected chi connectivity index (χ2v) is 5.61. The highest BCUT2D eigenvalue weighted by Crippen LogP contribution is 2.28. The lowest BCUT2D eigenvalue weighted by Crippen LogP contribution is -2.13. The molecule has 2 amide bonds. The van der Waals surface area contributed by atoms with Crippen molar-refractivity contribution >= 4 is 45.7 Å². The summed E-state index contributed by atoms with van der Waals surface area (Å²) in [5.41, 5.74) is 2.33. The molecule has 0 fully saturated rings. The number of hydrogen-bond acceptors (Lipinski definition) is 3. The van der Waals surface area contributed by atoms with Crippen LogP contribution in [0.15, 0.2) is 54.7 Å². The number of anilines is 2. The average Bonchev–Trinajstić information content (AvgIpc) is 2.58. The molecule has 1 heterocycles. The smallest absolute Gasteiger partial charge is 0.255 e. The van der Waals surface area contributed by atoms with Crippen molar-refractivity contribution in [2.75, 3.05) is 10.6 Å². The summed E-state index contributed by atoms with van der Waals surface area (Å²) in [6.45, 7) is 1.43. The second-order valence-electron chi connectivity index (χ2n) is 5.21. The zero-order valence-corrected chi connectivity index (χ0v) is 13.6. The molecule has 24 heavy (non-hydrogen) atoms. The number of halogens is 1. The normalized spacial score (nSPS) is 10.4. The van der Waals surface area contributed by atoms with E-state index in [1.54, 1.807) is 48.7 Å². The van der Waals surface area contributed by atoms with Crippen molar-refractivity contribution in [3.05, 3.63) is 65.3 Å². The lowest BCUT2D eigenvalue weighted by molar-refractivity contribution is -0.114. The van der Waals surface area contributed by atoms with Gasteiger partial charge in [-0.2, -0.15) is 0 Å². The van der Waals surface area contributed by atoms with Gasteiger partial charge in [-0.25, -0.2) is 0 Å². The van der Waals surface area contributed by atoms with E-state index in [2.05, 4.69) is 15.6 Å². The molecule has 5 nitrogen and oxygen atoms in total. The molecule has 6 heteroatoms. The van der Waals surface area contributed by atoms with Crippen LogP contribution < -0.4 is 10.6 Å². The minimum atomic E-state index is -0.265. The third-order valence-corrected chi connectivity index (χ3v) is 3.76. The van der Waals surface area contributed by atoms with Crippen LogP contribution in [0.2, 0.25) is 5.02 Å². The number of fused-ring (bicyclic) bond motifs is 1. The number of aromatic nitrogens is 1. The van der Waals surface area contributed by atoms with Crippen molar-refractivity contribution in [2.45, 2.75) is 6.92 Å². The first-order valence-electron chi connectivity index (χ1n) is 7.27. The number of pyridine rings is 1. The van der Waals surface area contributed by atoms with Crippen LogP contribution in [0.3, 0.4) is 0 Å². The van der Waals surface area contributed by atoms with Crippen molar-refractivity contribution in [1.82, 2.24) is 4.98 Å². The quantitative estimate of drug-likeness (QED) is 0.754.